The zero-order valence-corrected chi connectivity index (χ0v) is 10.7. The van der Waals surface area contributed by atoms with Crippen molar-refractivity contribution in [2.24, 2.45) is 5.73 Å². The van der Waals surface area contributed by atoms with E-state index in [0.29, 0.717) is 12.1 Å². The molecule has 0 bridgehead atoms. The van der Waals surface area contributed by atoms with E-state index in [-0.39, 0.29) is 0 Å². The Labute approximate surface area is 98.0 Å². The molecular formula is C13H23N3. The SMILES string of the molecule is CCc1c(C)nn(C2CCC(N)CC2)c1C. The summed E-state index contributed by atoms with van der Waals surface area (Å²) in [5.41, 5.74) is 9.94. The fourth-order valence-electron chi connectivity index (χ4n) is 2.91. The molecule has 0 aliphatic heterocycles. The molecule has 0 amide bonds. The Bertz CT molecular complexity index is 359. The number of nitrogens with two attached hydrogens (primary N) is 1. The van der Waals surface area contributed by atoms with Gasteiger partial charge in [0.2, 0.25) is 0 Å². The quantitative estimate of drug-likeness (QED) is 0.834. The van der Waals surface area contributed by atoms with Crippen molar-refractivity contribution in [2.45, 2.75) is 65.0 Å². The molecule has 0 spiro atoms. The highest BCUT2D eigenvalue weighted by atomic mass is 15.3. The molecule has 16 heavy (non-hydrogen) atoms. The van der Waals surface area contributed by atoms with Gasteiger partial charge in [-0.3, -0.25) is 4.68 Å². The third-order valence-electron chi connectivity index (χ3n) is 3.92. The molecule has 0 unspecified atom stereocenters. The van der Waals surface area contributed by atoms with Gasteiger partial charge in [-0.05, 0) is 51.5 Å². The summed E-state index contributed by atoms with van der Waals surface area (Å²) in [4.78, 5) is 0. The van der Waals surface area contributed by atoms with E-state index >= 15 is 0 Å². The Balaban J connectivity index is 2.21. The molecule has 1 fully saturated rings. The molecule has 1 aliphatic carbocycles. The fraction of sp³-hybridized carbons (Fsp3) is 0.769. The summed E-state index contributed by atoms with van der Waals surface area (Å²) in [6.07, 6.45) is 5.75. The maximum atomic E-state index is 5.94. The minimum Gasteiger partial charge on any atom is -0.328 e. The van der Waals surface area contributed by atoms with Crippen molar-refractivity contribution in [1.29, 1.82) is 0 Å². The van der Waals surface area contributed by atoms with Gasteiger partial charge in [-0.2, -0.15) is 5.10 Å². The molecule has 3 heteroatoms. The Morgan fingerprint density at radius 2 is 1.88 bits per heavy atom. The molecule has 1 aromatic heterocycles. The standard InChI is InChI=1S/C13H23N3/c1-4-13-9(2)15-16(10(13)3)12-7-5-11(14)6-8-12/h11-12H,4-8,14H2,1-3H3. The van der Waals surface area contributed by atoms with E-state index in [1.807, 2.05) is 0 Å². The van der Waals surface area contributed by atoms with Gasteiger partial charge < -0.3 is 5.73 Å². The zero-order valence-electron chi connectivity index (χ0n) is 10.7. The number of hydrogen-bond donors (Lipinski definition) is 1. The molecule has 0 radical (unpaired) electrons. The first-order valence-corrected chi connectivity index (χ1v) is 6.43. The van der Waals surface area contributed by atoms with E-state index in [9.17, 15) is 0 Å². The Morgan fingerprint density at radius 3 is 2.38 bits per heavy atom. The van der Waals surface area contributed by atoms with E-state index in [1.165, 1.54) is 29.8 Å². The number of aromatic nitrogens is 2. The lowest BCUT2D eigenvalue weighted by Gasteiger charge is -2.27. The highest BCUT2D eigenvalue weighted by molar-refractivity contribution is 5.24. The van der Waals surface area contributed by atoms with Crippen LogP contribution in [-0.2, 0) is 6.42 Å². The molecule has 1 heterocycles. The predicted octanol–water partition coefficient (Wildman–Crippen LogP) is 2.50. The molecule has 0 atom stereocenters. The molecule has 0 saturated heterocycles. The van der Waals surface area contributed by atoms with E-state index in [4.69, 9.17) is 10.8 Å². The maximum Gasteiger partial charge on any atom is 0.0628 e. The topological polar surface area (TPSA) is 43.8 Å². The highest BCUT2D eigenvalue weighted by Crippen LogP contribution is 2.29. The van der Waals surface area contributed by atoms with Gasteiger partial charge in [-0.1, -0.05) is 6.92 Å². The van der Waals surface area contributed by atoms with Gasteiger partial charge >= 0.3 is 0 Å². The van der Waals surface area contributed by atoms with Crippen molar-refractivity contribution in [2.75, 3.05) is 0 Å². The Morgan fingerprint density at radius 1 is 1.25 bits per heavy atom. The van der Waals surface area contributed by atoms with Crippen molar-refractivity contribution in [1.82, 2.24) is 9.78 Å². The second kappa shape index (κ2) is 4.58. The second-order valence-electron chi connectivity index (χ2n) is 5.02. The lowest BCUT2D eigenvalue weighted by Crippen LogP contribution is -2.28. The smallest absolute Gasteiger partial charge is 0.0628 e. The normalized spacial score (nSPS) is 26.0. The van der Waals surface area contributed by atoms with Crippen molar-refractivity contribution in [3.63, 3.8) is 0 Å². The summed E-state index contributed by atoms with van der Waals surface area (Å²) in [5.74, 6) is 0. The minimum absolute atomic E-state index is 0.416. The van der Waals surface area contributed by atoms with Crippen molar-refractivity contribution >= 4 is 0 Å². The summed E-state index contributed by atoms with van der Waals surface area (Å²) in [6.45, 7) is 6.53. The average molecular weight is 221 g/mol. The third-order valence-corrected chi connectivity index (χ3v) is 3.92. The van der Waals surface area contributed by atoms with Crippen LogP contribution in [0.25, 0.3) is 0 Å². The lowest BCUT2D eigenvalue weighted by molar-refractivity contribution is 0.300. The largest absolute Gasteiger partial charge is 0.328 e. The number of aryl methyl sites for hydroxylation is 1. The highest BCUT2D eigenvalue weighted by Gasteiger charge is 2.23. The summed E-state index contributed by atoms with van der Waals surface area (Å²) in [5, 5.41) is 4.71. The molecule has 1 saturated carbocycles. The van der Waals surface area contributed by atoms with Crippen LogP contribution in [0.1, 0.15) is 55.6 Å². The van der Waals surface area contributed by atoms with Gasteiger partial charge in [0, 0.05) is 11.7 Å². The van der Waals surface area contributed by atoms with Gasteiger partial charge in [-0.25, -0.2) is 0 Å². The third kappa shape index (κ3) is 2.01. The van der Waals surface area contributed by atoms with Gasteiger partial charge in [0.1, 0.15) is 0 Å². The van der Waals surface area contributed by atoms with Crippen molar-refractivity contribution in [3.8, 4) is 0 Å². The number of hydrogen-bond acceptors (Lipinski definition) is 2. The van der Waals surface area contributed by atoms with Crippen LogP contribution < -0.4 is 5.73 Å². The van der Waals surface area contributed by atoms with Crippen LogP contribution in [0.5, 0.6) is 0 Å². The molecule has 0 aromatic carbocycles. The van der Waals surface area contributed by atoms with Gasteiger partial charge in [0.25, 0.3) is 0 Å². The van der Waals surface area contributed by atoms with Crippen LogP contribution in [-0.4, -0.2) is 15.8 Å². The maximum absolute atomic E-state index is 5.94. The fourth-order valence-corrected chi connectivity index (χ4v) is 2.91. The lowest BCUT2D eigenvalue weighted by atomic mass is 9.92. The summed E-state index contributed by atoms with van der Waals surface area (Å²) < 4.78 is 2.25. The molecule has 1 aliphatic rings. The summed E-state index contributed by atoms with van der Waals surface area (Å²) in [6, 6.07) is 0.998. The predicted molar refractivity (Wildman–Crippen MR) is 66.6 cm³/mol. The summed E-state index contributed by atoms with van der Waals surface area (Å²) >= 11 is 0. The monoisotopic (exact) mass is 221 g/mol. The molecule has 1 aromatic rings. The molecule has 3 nitrogen and oxygen atoms in total. The van der Waals surface area contributed by atoms with Gasteiger partial charge in [-0.15, -0.1) is 0 Å². The first-order valence-electron chi connectivity index (χ1n) is 6.43. The molecule has 2 rings (SSSR count). The van der Waals surface area contributed by atoms with Crippen LogP contribution in [0.15, 0.2) is 0 Å². The van der Waals surface area contributed by atoms with E-state index in [0.717, 1.165) is 19.3 Å². The van der Waals surface area contributed by atoms with Crippen LogP contribution in [0.4, 0.5) is 0 Å². The van der Waals surface area contributed by atoms with E-state index in [1.54, 1.807) is 0 Å². The number of rotatable bonds is 2. The van der Waals surface area contributed by atoms with Gasteiger partial charge in [0.15, 0.2) is 0 Å². The zero-order chi connectivity index (χ0) is 11.7. The van der Waals surface area contributed by atoms with Crippen molar-refractivity contribution < 1.29 is 0 Å². The first-order chi connectivity index (χ1) is 7.63. The van der Waals surface area contributed by atoms with Crippen molar-refractivity contribution in [3.05, 3.63) is 17.0 Å². The molecular weight excluding hydrogens is 198 g/mol. The average Bonchev–Trinajstić information content (AvgIpc) is 2.55. The van der Waals surface area contributed by atoms with Crippen LogP contribution in [0.3, 0.4) is 0 Å². The summed E-state index contributed by atoms with van der Waals surface area (Å²) in [7, 11) is 0. The van der Waals surface area contributed by atoms with E-state index in [2.05, 4.69) is 25.5 Å². The minimum atomic E-state index is 0.416. The van der Waals surface area contributed by atoms with Crippen LogP contribution >= 0.6 is 0 Å². The van der Waals surface area contributed by atoms with Crippen LogP contribution in [0, 0.1) is 13.8 Å². The molecule has 90 valence electrons. The van der Waals surface area contributed by atoms with Gasteiger partial charge in [0.05, 0.1) is 11.7 Å². The van der Waals surface area contributed by atoms with Crippen LogP contribution in [0.2, 0.25) is 0 Å². The van der Waals surface area contributed by atoms with E-state index < -0.39 is 0 Å². The first kappa shape index (κ1) is 11.6. The molecule has 2 N–H and O–H groups in total. The number of nitrogens with zero attached hydrogens (tertiary/aromatic N) is 2. The Kier molecular flexibility index (Phi) is 3.33. The Hall–Kier alpha value is -0.830. The second-order valence-corrected chi connectivity index (χ2v) is 5.02.